The Labute approximate surface area is 681 Å². The molecule has 2 N–H and O–H groups in total. The summed E-state index contributed by atoms with van der Waals surface area (Å²) in [5.41, 5.74) is 16.9. The number of nitrogens with zero attached hydrogens (tertiary/aromatic N) is 8. The zero-order chi connectivity index (χ0) is 83.3. The molecule has 0 aliphatic rings. The third-order valence-corrected chi connectivity index (χ3v) is 21.3. The zero-order valence-electron chi connectivity index (χ0n) is 62.7. The van der Waals surface area contributed by atoms with E-state index in [4.69, 9.17) is 30.0 Å². The number of alkyl halides is 9. The summed E-state index contributed by atoms with van der Waals surface area (Å²) in [5, 5.41) is 15.6. The minimum Gasteiger partial charge on any atom is -0.423 e. The summed E-state index contributed by atoms with van der Waals surface area (Å²) >= 11 is 0. The first-order valence-corrected chi connectivity index (χ1v) is 38.8. The normalized spacial score (nSPS) is 11.9. The summed E-state index contributed by atoms with van der Waals surface area (Å²) in [6.45, 7) is 0. The monoisotopic (exact) mass is 1620 g/mol. The fourth-order valence-electron chi connectivity index (χ4n) is 14.0. The van der Waals surface area contributed by atoms with Crippen molar-refractivity contribution in [3.8, 4) is 130 Å². The lowest BCUT2D eigenvalue weighted by atomic mass is 9.80. The van der Waals surface area contributed by atoms with Gasteiger partial charge in [-0.1, -0.05) is 309 Å². The molecule has 0 atom stereocenters. The number of pyridine rings is 2. The Kier molecular flexibility index (Phi) is 22.0. The van der Waals surface area contributed by atoms with E-state index in [1.165, 1.54) is 46.2 Å². The first kappa shape index (κ1) is 79.4. The molecule has 0 spiro atoms. The van der Waals surface area contributed by atoms with Crippen LogP contribution in [-0.2, 0) is 10.1 Å². The average molecular weight is 1620 g/mol. The standard InChI is InChI=1S/C46H30N4.C35H20F9N3O3S.C15H12BNO2/c1-3-13-32(14-4-1)44-48-45(33-15-5-2-6-16-33)50-46(49-44)37-21-10-19-35(30-37)39-27-26-38(41-23-7-8-24-42(39)41)34-18-9-20-36(29-34)40-25-11-17-31-22-12-28-47-43(31)40;36-32(37,34(40,41)42)33(38,39)35(43,44)51(48,49)50-28-19-18-25(26-16-7-8-17-27(26)28)23-14-9-15-24(20-23)31-46-29(21-10-3-1-4-11-21)45-30(47-31)22-12-5-2-6-13-22;18-16(19)13-8-6-11(7-9-13)14-5-1-3-12-4-2-10-17-15(12)14/h1-30H;1-20H;1-10,18-19H. The minimum absolute atomic E-state index is 0.114. The van der Waals surface area contributed by atoms with Gasteiger partial charge in [-0.25, -0.2) is 29.9 Å². The number of rotatable bonds is 17. The Balaban J connectivity index is 0.000000147. The summed E-state index contributed by atoms with van der Waals surface area (Å²) in [4.78, 5) is 37.9. The lowest BCUT2D eigenvalue weighted by molar-refractivity contribution is -0.382. The van der Waals surface area contributed by atoms with Gasteiger partial charge in [0.15, 0.2) is 40.7 Å². The molecule has 24 heteroatoms. The molecule has 588 valence electrons. The summed E-state index contributed by atoms with van der Waals surface area (Å²) in [6.07, 6.45) is -3.58. The van der Waals surface area contributed by atoms with E-state index in [9.17, 15) is 47.9 Å². The number of fused-ring (bicyclic) bond motifs is 4. The second kappa shape index (κ2) is 33.3. The zero-order valence-corrected chi connectivity index (χ0v) is 63.5. The van der Waals surface area contributed by atoms with Gasteiger partial charge in [0, 0.05) is 73.1 Å². The molecule has 18 aromatic rings. The smallest absolute Gasteiger partial charge is 0.423 e. The van der Waals surface area contributed by atoms with Gasteiger partial charge in [0.05, 0.1) is 11.0 Å². The molecule has 14 aromatic carbocycles. The van der Waals surface area contributed by atoms with E-state index >= 15 is 0 Å². The van der Waals surface area contributed by atoms with Crippen LogP contribution in [0.5, 0.6) is 5.75 Å². The molecule has 120 heavy (non-hydrogen) atoms. The van der Waals surface area contributed by atoms with Crippen molar-refractivity contribution in [1.29, 1.82) is 0 Å². The molecule has 0 unspecified atom stereocenters. The van der Waals surface area contributed by atoms with Gasteiger partial charge < -0.3 is 14.2 Å². The van der Waals surface area contributed by atoms with Crippen LogP contribution in [-0.4, -0.2) is 88.7 Å². The summed E-state index contributed by atoms with van der Waals surface area (Å²) in [7, 11) is -8.60. The van der Waals surface area contributed by atoms with Gasteiger partial charge in [0.2, 0.25) is 0 Å². The van der Waals surface area contributed by atoms with Crippen LogP contribution in [0.15, 0.2) is 364 Å². The minimum atomic E-state index is -7.44. The van der Waals surface area contributed by atoms with Gasteiger partial charge in [-0.15, -0.1) is 0 Å². The Morgan fingerprint density at radius 2 is 0.575 bits per heavy atom. The SMILES string of the molecule is O=S(=O)(Oc1ccc(-c2cccc(-c3nc(-c4ccccc4)nc(-c4ccccc4)n3)c2)c2ccccc12)C(F)(F)C(F)(F)C(F)(F)C(F)(F)F.OB(O)c1ccc(-c2cccc3cccnc23)cc1.c1ccc(-c2nc(-c3ccccc3)nc(-c3cccc(-c4ccc(-c5cccc(-c6cccc7cccnc67)c5)c5ccccc45)c3)n2)cc1. The molecule has 0 aliphatic carbocycles. The number of hydrogen-bond donors (Lipinski definition) is 2. The van der Waals surface area contributed by atoms with Gasteiger partial charge in [0.25, 0.3) is 0 Å². The average Bonchev–Trinajstić information content (AvgIpc) is 0.718. The molecule has 0 bridgehead atoms. The van der Waals surface area contributed by atoms with Crippen molar-refractivity contribution in [2.45, 2.75) is 23.3 Å². The number of para-hydroxylation sites is 2. The van der Waals surface area contributed by atoms with Crippen LogP contribution in [0.2, 0.25) is 0 Å². The molecule has 0 amide bonds. The molecular formula is C96H62BF9N8O5S. The summed E-state index contributed by atoms with van der Waals surface area (Å²) < 4.78 is 150. The number of hydrogen-bond acceptors (Lipinski definition) is 13. The molecule has 4 heterocycles. The largest absolute Gasteiger partial charge is 0.488 e. The maximum atomic E-state index is 14.5. The third kappa shape index (κ3) is 16.0. The van der Waals surface area contributed by atoms with Crippen LogP contribution in [0, 0.1) is 0 Å². The number of halogens is 9. The molecule has 0 saturated carbocycles. The molecule has 18 rings (SSSR count). The van der Waals surface area contributed by atoms with Crippen molar-refractivity contribution in [3.05, 3.63) is 364 Å². The molecule has 0 saturated heterocycles. The van der Waals surface area contributed by atoms with E-state index in [0.29, 0.717) is 62.4 Å². The van der Waals surface area contributed by atoms with E-state index in [-0.39, 0.29) is 16.6 Å². The number of benzene rings is 14. The summed E-state index contributed by atoms with van der Waals surface area (Å²) in [6, 6.07) is 110. The van der Waals surface area contributed by atoms with Crippen LogP contribution in [0.25, 0.3) is 167 Å². The molecule has 4 aromatic heterocycles. The molecule has 13 nitrogen and oxygen atoms in total. The number of aromatic nitrogens is 8. The Bertz CT molecular complexity index is 6810. The van der Waals surface area contributed by atoms with Crippen molar-refractivity contribution >= 4 is 66.1 Å². The van der Waals surface area contributed by atoms with Crippen molar-refractivity contribution in [3.63, 3.8) is 0 Å². The predicted octanol–water partition coefficient (Wildman–Crippen LogP) is 23.0. The lowest BCUT2D eigenvalue weighted by Gasteiger charge is -2.32. The van der Waals surface area contributed by atoms with Crippen molar-refractivity contribution in [2.75, 3.05) is 0 Å². The lowest BCUT2D eigenvalue weighted by Crippen LogP contribution is -2.63. The predicted molar refractivity (Wildman–Crippen MR) is 452 cm³/mol. The molecule has 0 aliphatic heterocycles. The fraction of sp³-hybridized carbons (Fsp3) is 0.0417. The highest BCUT2D eigenvalue weighted by atomic mass is 32.2. The van der Waals surface area contributed by atoms with Crippen LogP contribution in [0.4, 0.5) is 39.5 Å². The first-order chi connectivity index (χ1) is 58.0. The van der Waals surface area contributed by atoms with Gasteiger partial charge >= 0.3 is 40.5 Å². The second-order valence-electron chi connectivity index (χ2n) is 27.6. The van der Waals surface area contributed by atoms with Gasteiger partial charge in [-0.05, 0) is 109 Å². The quantitative estimate of drug-likeness (QED) is 0.0499. The molecule has 0 fully saturated rings. The van der Waals surface area contributed by atoms with Crippen LogP contribution in [0.1, 0.15) is 0 Å². The van der Waals surface area contributed by atoms with Gasteiger partial charge in [-0.2, -0.15) is 47.9 Å². The maximum Gasteiger partial charge on any atom is 0.488 e. The van der Waals surface area contributed by atoms with E-state index in [1.54, 1.807) is 42.6 Å². The highest BCUT2D eigenvalue weighted by molar-refractivity contribution is 7.88. The van der Waals surface area contributed by atoms with E-state index in [2.05, 4.69) is 133 Å². The topological polar surface area (TPSA) is 187 Å². The Morgan fingerprint density at radius 3 is 0.958 bits per heavy atom. The maximum absolute atomic E-state index is 14.5. The molecular weight excluding hydrogens is 1560 g/mol. The highest BCUT2D eigenvalue weighted by Gasteiger charge is 2.86. The fourth-order valence-corrected chi connectivity index (χ4v) is 14.9. The van der Waals surface area contributed by atoms with Crippen molar-refractivity contribution in [2.24, 2.45) is 0 Å². The molecule has 0 radical (unpaired) electrons. The Hall–Kier alpha value is -14.5. The van der Waals surface area contributed by atoms with Crippen LogP contribution >= 0.6 is 0 Å². The van der Waals surface area contributed by atoms with E-state index in [0.717, 1.165) is 84.0 Å². The first-order valence-electron chi connectivity index (χ1n) is 37.4. The van der Waals surface area contributed by atoms with E-state index in [1.807, 2.05) is 176 Å². The summed E-state index contributed by atoms with van der Waals surface area (Å²) in [5.74, 6) is -13.0. The van der Waals surface area contributed by atoms with Crippen molar-refractivity contribution in [1.82, 2.24) is 39.9 Å². The van der Waals surface area contributed by atoms with Crippen LogP contribution in [0.3, 0.4) is 0 Å². The van der Waals surface area contributed by atoms with Gasteiger partial charge in [-0.3, -0.25) is 9.97 Å². The van der Waals surface area contributed by atoms with E-state index < -0.39 is 46.3 Å². The second-order valence-corrected chi connectivity index (χ2v) is 29.2. The third-order valence-electron chi connectivity index (χ3n) is 20.0. The van der Waals surface area contributed by atoms with Crippen LogP contribution < -0.4 is 9.65 Å². The van der Waals surface area contributed by atoms with Gasteiger partial charge in [0.1, 0.15) is 0 Å². The van der Waals surface area contributed by atoms with Crippen molar-refractivity contribution < 1.29 is 62.2 Å². The highest BCUT2D eigenvalue weighted by Crippen LogP contribution is 2.55. The Morgan fingerprint density at radius 1 is 0.275 bits per heavy atom.